The summed E-state index contributed by atoms with van der Waals surface area (Å²) in [6.45, 7) is 0.694. The monoisotopic (exact) mass is 279 g/mol. The van der Waals surface area contributed by atoms with Crippen molar-refractivity contribution in [3.8, 4) is 0 Å². The summed E-state index contributed by atoms with van der Waals surface area (Å²) in [6.07, 6.45) is 2.92. The Bertz CT molecular complexity index is 371. The van der Waals surface area contributed by atoms with E-state index in [1.54, 1.807) is 18.2 Å². The van der Waals surface area contributed by atoms with Crippen molar-refractivity contribution in [1.29, 1.82) is 0 Å². The third kappa shape index (κ3) is 4.42. The topological polar surface area (TPSA) is 43.1 Å². The van der Waals surface area contributed by atoms with Crippen LogP contribution in [0.4, 0.5) is 0 Å². The third-order valence-electron chi connectivity index (χ3n) is 2.19. The number of hydrogen-bond acceptors (Lipinski definition) is 2. The molecule has 0 aliphatic heterocycles. The van der Waals surface area contributed by atoms with Gasteiger partial charge in [0.1, 0.15) is 0 Å². The Labute approximate surface area is 109 Å². The maximum atomic E-state index is 11.8. The smallest absolute Gasteiger partial charge is 0.0604 e. The van der Waals surface area contributed by atoms with E-state index >= 15 is 0 Å². The van der Waals surface area contributed by atoms with Crippen molar-refractivity contribution < 1.29 is 4.21 Å². The summed E-state index contributed by atoms with van der Waals surface area (Å²) in [5, 5.41) is 0.944. The van der Waals surface area contributed by atoms with Gasteiger partial charge in [-0.1, -0.05) is 29.6 Å². The second-order valence-electron chi connectivity index (χ2n) is 3.47. The number of halogens is 2. The summed E-state index contributed by atoms with van der Waals surface area (Å²) >= 11 is 11.6. The summed E-state index contributed by atoms with van der Waals surface area (Å²) in [5.74, 6) is 0.651. The minimum atomic E-state index is -0.989. The van der Waals surface area contributed by atoms with Crippen LogP contribution in [0.3, 0.4) is 0 Å². The van der Waals surface area contributed by atoms with Crippen LogP contribution in [0.15, 0.2) is 23.1 Å². The van der Waals surface area contributed by atoms with Gasteiger partial charge in [-0.2, -0.15) is 0 Å². The molecule has 0 aliphatic rings. The highest BCUT2D eigenvalue weighted by Gasteiger charge is 2.06. The molecule has 1 atom stereocenters. The first kappa shape index (κ1) is 14.0. The predicted octanol–water partition coefficient (Wildman–Crippen LogP) is 3.23. The number of benzene rings is 1. The van der Waals surface area contributed by atoms with Crippen LogP contribution in [0.2, 0.25) is 10.0 Å². The summed E-state index contributed by atoms with van der Waals surface area (Å²) in [6, 6.07) is 5.10. The van der Waals surface area contributed by atoms with Gasteiger partial charge in [-0.15, -0.1) is 0 Å². The normalized spacial score (nSPS) is 12.7. The molecule has 0 bridgehead atoms. The van der Waals surface area contributed by atoms with Gasteiger partial charge in [-0.05, 0) is 37.6 Å². The first-order valence-corrected chi connectivity index (χ1v) is 7.26. The molecule has 16 heavy (non-hydrogen) atoms. The first-order valence-electron chi connectivity index (χ1n) is 5.18. The van der Waals surface area contributed by atoms with Gasteiger partial charge in [0.05, 0.1) is 20.8 Å². The molecular formula is C11H15Cl2NOS. The van der Waals surface area contributed by atoms with Crippen LogP contribution in [0, 0.1) is 0 Å². The summed E-state index contributed by atoms with van der Waals surface area (Å²) in [4.78, 5) is 0.738. The second kappa shape index (κ2) is 7.28. The van der Waals surface area contributed by atoms with E-state index in [0.717, 1.165) is 24.2 Å². The molecule has 0 aromatic heterocycles. The largest absolute Gasteiger partial charge is 0.330 e. The number of hydrogen-bond donors (Lipinski definition) is 1. The van der Waals surface area contributed by atoms with Gasteiger partial charge in [0, 0.05) is 10.6 Å². The molecule has 0 saturated heterocycles. The van der Waals surface area contributed by atoms with Gasteiger partial charge < -0.3 is 5.73 Å². The lowest BCUT2D eigenvalue weighted by atomic mass is 10.2. The Morgan fingerprint density at radius 2 is 1.88 bits per heavy atom. The van der Waals surface area contributed by atoms with E-state index < -0.39 is 10.8 Å². The molecule has 0 amide bonds. The lowest BCUT2D eigenvalue weighted by Crippen LogP contribution is -2.01. The SMILES string of the molecule is NCCCCCS(=O)c1ccc(Cl)c(Cl)c1. The lowest BCUT2D eigenvalue weighted by molar-refractivity contribution is 0.673. The minimum absolute atomic E-state index is 0.453. The molecule has 0 fully saturated rings. The highest BCUT2D eigenvalue weighted by molar-refractivity contribution is 7.85. The Kier molecular flexibility index (Phi) is 6.36. The average molecular weight is 280 g/mol. The van der Waals surface area contributed by atoms with Crippen LogP contribution in [-0.2, 0) is 10.8 Å². The van der Waals surface area contributed by atoms with Gasteiger partial charge in [-0.3, -0.25) is 4.21 Å². The molecule has 1 unspecified atom stereocenters. The summed E-state index contributed by atoms with van der Waals surface area (Å²) in [5.41, 5.74) is 5.39. The van der Waals surface area contributed by atoms with Crippen LogP contribution in [-0.4, -0.2) is 16.5 Å². The van der Waals surface area contributed by atoms with Crippen molar-refractivity contribution >= 4 is 34.0 Å². The molecular weight excluding hydrogens is 265 g/mol. The Balaban J connectivity index is 2.50. The van der Waals surface area contributed by atoms with Crippen LogP contribution < -0.4 is 5.73 Å². The van der Waals surface area contributed by atoms with E-state index in [1.165, 1.54) is 0 Å². The molecule has 0 spiro atoms. The predicted molar refractivity (Wildman–Crippen MR) is 70.6 cm³/mol. The van der Waals surface area contributed by atoms with E-state index in [9.17, 15) is 4.21 Å². The second-order valence-corrected chi connectivity index (χ2v) is 5.86. The Hall–Kier alpha value is -0.0900. The lowest BCUT2D eigenvalue weighted by Gasteiger charge is -2.03. The van der Waals surface area contributed by atoms with E-state index in [1.807, 2.05) is 0 Å². The van der Waals surface area contributed by atoms with Crippen LogP contribution in [0.5, 0.6) is 0 Å². The van der Waals surface area contributed by atoms with Crippen molar-refractivity contribution in [2.24, 2.45) is 5.73 Å². The third-order valence-corrected chi connectivity index (χ3v) is 4.37. The molecule has 1 aromatic rings. The number of nitrogens with two attached hydrogens (primary N) is 1. The zero-order chi connectivity index (χ0) is 12.0. The van der Waals surface area contributed by atoms with Gasteiger partial charge in [0.15, 0.2) is 0 Å². The highest BCUT2D eigenvalue weighted by atomic mass is 35.5. The Morgan fingerprint density at radius 3 is 2.50 bits per heavy atom. The number of unbranched alkanes of at least 4 members (excludes halogenated alkanes) is 2. The van der Waals surface area contributed by atoms with Gasteiger partial charge >= 0.3 is 0 Å². The van der Waals surface area contributed by atoms with Crippen LogP contribution in [0.25, 0.3) is 0 Å². The molecule has 0 saturated carbocycles. The summed E-state index contributed by atoms with van der Waals surface area (Å²) < 4.78 is 11.8. The fraction of sp³-hybridized carbons (Fsp3) is 0.455. The number of rotatable bonds is 6. The fourth-order valence-corrected chi connectivity index (χ4v) is 2.82. The molecule has 0 aliphatic carbocycles. The molecule has 90 valence electrons. The Morgan fingerprint density at radius 1 is 1.12 bits per heavy atom. The van der Waals surface area contributed by atoms with Gasteiger partial charge in [-0.25, -0.2) is 0 Å². The molecule has 1 rings (SSSR count). The standard InChI is InChI=1S/C11H15Cl2NOS/c12-10-5-4-9(8-11(10)13)16(15)7-3-1-2-6-14/h4-5,8H,1-3,6-7,14H2. The average Bonchev–Trinajstić information content (AvgIpc) is 2.28. The maximum Gasteiger partial charge on any atom is 0.0604 e. The van der Waals surface area contributed by atoms with Gasteiger partial charge in [0.2, 0.25) is 0 Å². The zero-order valence-corrected chi connectivity index (χ0v) is 11.2. The van der Waals surface area contributed by atoms with Crippen LogP contribution >= 0.6 is 23.2 Å². The zero-order valence-electron chi connectivity index (χ0n) is 8.92. The summed E-state index contributed by atoms with van der Waals surface area (Å²) in [7, 11) is -0.989. The molecule has 0 radical (unpaired) electrons. The van der Waals surface area contributed by atoms with E-state index in [-0.39, 0.29) is 0 Å². The molecule has 2 N–H and O–H groups in total. The molecule has 5 heteroatoms. The van der Waals surface area contributed by atoms with Crippen molar-refractivity contribution in [2.75, 3.05) is 12.3 Å². The highest BCUT2D eigenvalue weighted by Crippen LogP contribution is 2.24. The van der Waals surface area contributed by atoms with Crippen molar-refractivity contribution in [1.82, 2.24) is 0 Å². The van der Waals surface area contributed by atoms with Crippen molar-refractivity contribution in [3.05, 3.63) is 28.2 Å². The quantitative estimate of drug-likeness (QED) is 0.813. The molecule has 2 nitrogen and oxygen atoms in total. The first-order chi connectivity index (χ1) is 7.65. The van der Waals surface area contributed by atoms with Crippen LogP contribution in [0.1, 0.15) is 19.3 Å². The molecule has 0 heterocycles. The maximum absolute atomic E-state index is 11.8. The van der Waals surface area contributed by atoms with E-state index in [2.05, 4.69) is 0 Å². The minimum Gasteiger partial charge on any atom is -0.330 e. The van der Waals surface area contributed by atoms with Crippen molar-refractivity contribution in [2.45, 2.75) is 24.2 Å². The van der Waals surface area contributed by atoms with E-state index in [4.69, 9.17) is 28.9 Å². The van der Waals surface area contributed by atoms with Crippen molar-refractivity contribution in [3.63, 3.8) is 0 Å². The van der Waals surface area contributed by atoms with Gasteiger partial charge in [0.25, 0.3) is 0 Å². The van der Waals surface area contributed by atoms with E-state index in [0.29, 0.717) is 22.3 Å². The molecule has 1 aromatic carbocycles. The fourth-order valence-electron chi connectivity index (χ4n) is 1.29.